The molecule has 5 nitrogen and oxygen atoms in total. The van der Waals surface area contributed by atoms with Crippen molar-refractivity contribution < 1.29 is 4.79 Å². The van der Waals surface area contributed by atoms with E-state index in [1.54, 1.807) is 0 Å². The van der Waals surface area contributed by atoms with Crippen LogP contribution in [0.25, 0.3) is 17.1 Å². The number of aromatic nitrogens is 3. The fourth-order valence-electron chi connectivity index (χ4n) is 3.07. The molecule has 3 aromatic carbocycles. The Hall–Kier alpha value is -3.38. The molecule has 1 N–H and O–H groups in total. The highest BCUT2D eigenvalue weighted by Crippen LogP contribution is 2.30. The van der Waals surface area contributed by atoms with Crippen molar-refractivity contribution in [2.75, 3.05) is 0 Å². The molecular weight excluding hydrogens is 392 g/mol. The largest absolute Gasteiger partial charge is 0.351 e. The fourth-order valence-corrected chi connectivity index (χ4v) is 3.96. The van der Waals surface area contributed by atoms with Gasteiger partial charge in [-0.15, -0.1) is 10.2 Å². The summed E-state index contributed by atoms with van der Waals surface area (Å²) in [5, 5.41) is 12.2. The molecule has 0 unspecified atom stereocenters. The molecule has 1 amide bonds. The zero-order valence-electron chi connectivity index (χ0n) is 16.6. The number of amides is 1. The number of rotatable bonds is 7. The van der Waals surface area contributed by atoms with Gasteiger partial charge in [0, 0.05) is 17.8 Å². The molecule has 0 aliphatic rings. The normalized spacial score (nSPS) is 11.8. The van der Waals surface area contributed by atoms with Crippen molar-refractivity contribution in [3.05, 3.63) is 96.6 Å². The van der Waals surface area contributed by atoms with E-state index in [-0.39, 0.29) is 11.2 Å². The van der Waals surface area contributed by atoms with E-state index in [4.69, 9.17) is 0 Å². The first-order valence-corrected chi connectivity index (χ1v) is 10.6. The topological polar surface area (TPSA) is 59.8 Å². The second kappa shape index (κ2) is 9.41. The maximum atomic E-state index is 12.7. The van der Waals surface area contributed by atoms with Crippen molar-refractivity contribution in [1.29, 1.82) is 0 Å². The fraction of sp³-hybridized carbons (Fsp3) is 0.125. The Labute approximate surface area is 180 Å². The predicted molar refractivity (Wildman–Crippen MR) is 120 cm³/mol. The number of carbonyl (C=O) groups is 1. The van der Waals surface area contributed by atoms with Crippen LogP contribution in [-0.4, -0.2) is 25.9 Å². The Morgan fingerprint density at radius 3 is 2.17 bits per heavy atom. The van der Waals surface area contributed by atoms with Gasteiger partial charge in [-0.1, -0.05) is 90.6 Å². The first kappa shape index (κ1) is 19.9. The molecule has 0 spiro atoms. The molecule has 0 bridgehead atoms. The van der Waals surface area contributed by atoms with Gasteiger partial charge in [-0.05, 0) is 24.6 Å². The lowest BCUT2D eigenvalue weighted by atomic mass is 10.2. The van der Waals surface area contributed by atoms with Crippen molar-refractivity contribution in [2.24, 2.45) is 0 Å². The van der Waals surface area contributed by atoms with Gasteiger partial charge in [0.05, 0.1) is 5.25 Å². The maximum Gasteiger partial charge on any atom is 0.233 e. The van der Waals surface area contributed by atoms with Gasteiger partial charge in [-0.25, -0.2) is 0 Å². The lowest BCUT2D eigenvalue weighted by molar-refractivity contribution is -0.120. The molecule has 150 valence electrons. The molecule has 0 saturated heterocycles. The van der Waals surface area contributed by atoms with Crippen LogP contribution in [0.15, 0.2) is 96.2 Å². The highest BCUT2D eigenvalue weighted by molar-refractivity contribution is 8.00. The molecule has 0 radical (unpaired) electrons. The molecule has 6 heteroatoms. The van der Waals surface area contributed by atoms with E-state index >= 15 is 0 Å². The number of hydrogen-bond acceptors (Lipinski definition) is 4. The molecule has 4 rings (SSSR count). The predicted octanol–water partition coefficient (Wildman–Crippen LogP) is 4.73. The molecule has 0 saturated carbocycles. The van der Waals surface area contributed by atoms with Crippen LogP contribution in [0.3, 0.4) is 0 Å². The number of hydrogen-bond donors (Lipinski definition) is 1. The van der Waals surface area contributed by atoms with Crippen LogP contribution in [0.5, 0.6) is 0 Å². The van der Waals surface area contributed by atoms with Crippen LogP contribution in [0.1, 0.15) is 12.5 Å². The van der Waals surface area contributed by atoms with Gasteiger partial charge in [0.2, 0.25) is 5.91 Å². The summed E-state index contributed by atoms with van der Waals surface area (Å²) < 4.78 is 2.00. The first-order valence-electron chi connectivity index (χ1n) is 9.77. The second-order valence-electron chi connectivity index (χ2n) is 6.81. The van der Waals surface area contributed by atoms with Crippen molar-refractivity contribution >= 4 is 17.7 Å². The Bertz CT molecular complexity index is 1100. The first-order chi connectivity index (χ1) is 14.7. The molecule has 1 heterocycles. The van der Waals surface area contributed by atoms with Gasteiger partial charge in [0.1, 0.15) is 0 Å². The van der Waals surface area contributed by atoms with E-state index in [0.717, 1.165) is 22.6 Å². The molecule has 0 aliphatic carbocycles. The summed E-state index contributed by atoms with van der Waals surface area (Å²) in [6, 6.07) is 29.8. The van der Waals surface area contributed by atoms with Gasteiger partial charge in [-0.3, -0.25) is 9.36 Å². The Morgan fingerprint density at radius 1 is 0.900 bits per heavy atom. The smallest absolute Gasteiger partial charge is 0.233 e. The van der Waals surface area contributed by atoms with E-state index in [1.165, 1.54) is 11.8 Å². The average Bonchev–Trinajstić information content (AvgIpc) is 3.22. The molecule has 0 aliphatic heterocycles. The van der Waals surface area contributed by atoms with Gasteiger partial charge in [0.25, 0.3) is 0 Å². The standard InChI is InChI=1S/C24H22N4OS/c1-18(23(29)25-17-19-11-5-2-6-12-19)30-24-27-26-22(20-13-7-3-8-14-20)28(24)21-15-9-4-10-16-21/h2-16,18H,17H2,1H3,(H,25,29)/t18-/m0/s1. The number of para-hydroxylation sites is 1. The molecule has 4 aromatic rings. The highest BCUT2D eigenvalue weighted by atomic mass is 32.2. The second-order valence-corrected chi connectivity index (χ2v) is 8.11. The van der Waals surface area contributed by atoms with Gasteiger partial charge < -0.3 is 5.32 Å². The summed E-state index contributed by atoms with van der Waals surface area (Å²) in [5.41, 5.74) is 3.00. The average molecular weight is 415 g/mol. The SMILES string of the molecule is C[C@H](Sc1nnc(-c2ccccc2)n1-c1ccccc1)C(=O)NCc1ccccc1. The summed E-state index contributed by atoms with van der Waals surface area (Å²) in [6.45, 7) is 2.39. The Balaban J connectivity index is 1.56. The summed E-state index contributed by atoms with van der Waals surface area (Å²) in [5.74, 6) is 0.717. The van der Waals surface area contributed by atoms with Gasteiger partial charge in [-0.2, -0.15) is 0 Å². The summed E-state index contributed by atoms with van der Waals surface area (Å²) >= 11 is 1.40. The summed E-state index contributed by atoms with van der Waals surface area (Å²) in [6.07, 6.45) is 0. The Kier molecular flexibility index (Phi) is 6.25. The zero-order valence-corrected chi connectivity index (χ0v) is 17.4. The quantitative estimate of drug-likeness (QED) is 0.444. The molecule has 1 atom stereocenters. The van der Waals surface area contributed by atoms with E-state index in [2.05, 4.69) is 15.5 Å². The third kappa shape index (κ3) is 4.60. The van der Waals surface area contributed by atoms with Gasteiger partial charge >= 0.3 is 0 Å². The lowest BCUT2D eigenvalue weighted by Gasteiger charge is -2.14. The van der Waals surface area contributed by atoms with Crippen molar-refractivity contribution in [3.8, 4) is 17.1 Å². The summed E-state index contributed by atoms with van der Waals surface area (Å²) in [7, 11) is 0. The molecular formula is C24H22N4OS. The minimum absolute atomic E-state index is 0.0345. The summed E-state index contributed by atoms with van der Waals surface area (Å²) in [4.78, 5) is 12.7. The van der Waals surface area contributed by atoms with Crippen molar-refractivity contribution in [2.45, 2.75) is 23.9 Å². The van der Waals surface area contributed by atoms with E-state index in [1.807, 2.05) is 102 Å². The van der Waals surface area contributed by atoms with Crippen LogP contribution in [0, 0.1) is 0 Å². The Morgan fingerprint density at radius 2 is 1.50 bits per heavy atom. The minimum atomic E-state index is -0.316. The van der Waals surface area contributed by atoms with E-state index in [0.29, 0.717) is 11.7 Å². The third-order valence-electron chi connectivity index (χ3n) is 4.64. The van der Waals surface area contributed by atoms with Crippen LogP contribution < -0.4 is 5.32 Å². The minimum Gasteiger partial charge on any atom is -0.351 e. The lowest BCUT2D eigenvalue weighted by Crippen LogP contribution is -2.30. The molecule has 0 fully saturated rings. The molecule has 30 heavy (non-hydrogen) atoms. The van der Waals surface area contributed by atoms with Crippen molar-refractivity contribution in [3.63, 3.8) is 0 Å². The van der Waals surface area contributed by atoms with Crippen LogP contribution in [0.2, 0.25) is 0 Å². The van der Waals surface area contributed by atoms with Crippen LogP contribution in [0.4, 0.5) is 0 Å². The maximum absolute atomic E-state index is 12.7. The van der Waals surface area contributed by atoms with Crippen molar-refractivity contribution in [1.82, 2.24) is 20.1 Å². The number of benzene rings is 3. The van der Waals surface area contributed by atoms with Crippen LogP contribution in [-0.2, 0) is 11.3 Å². The monoisotopic (exact) mass is 414 g/mol. The number of nitrogens with one attached hydrogen (secondary N) is 1. The number of carbonyl (C=O) groups excluding carboxylic acids is 1. The number of thioether (sulfide) groups is 1. The van der Waals surface area contributed by atoms with Gasteiger partial charge in [0.15, 0.2) is 11.0 Å². The van der Waals surface area contributed by atoms with E-state index < -0.39 is 0 Å². The third-order valence-corrected chi connectivity index (χ3v) is 5.68. The molecule has 1 aromatic heterocycles. The van der Waals surface area contributed by atoms with E-state index in [9.17, 15) is 4.79 Å². The van der Waals surface area contributed by atoms with Crippen LogP contribution >= 0.6 is 11.8 Å². The zero-order chi connectivity index (χ0) is 20.8. The highest BCUT2D eigenvalue weighted by Gasteiger charge is 2.21. The number of nitrogens with zero attached hydrogens (tertiary/aromatic N) is 3.